The topological polar surface area (TPSA) is 210 Å². The summed E-state index contributed by atoms with van der Waals surface area (Å²) in [4.78, 5) is 35.2. The summed E-state index contributed by atoms with van der Waals surface area (Å²) in [5, 5.41) is 49.7. The van der Waals surface area contributed by atoms with E-state index in [-0.39, 0.29) is 31.1 Å². The van der Waals surface area contributed by atoms with Crippen LogP contribution in [0.5, 0.6) is 0 Å². The summed E-state index contributed by atoms with van der Waals surface area (Å²) in [5.41, 5.74) is 0. The van der Waals surface area contributed by atoms with Gasteiger partial charge in [0.05, 0.1) is 44.6 Å². The molecule has 1 fully saturated rings. The zero-order valence-corrected chi connectivity index (χ0v) is 35.1. The number of unbranched alkanes of at least 4 members (excludes halogenated alkanes) is 13. The van der Waals surface area contributed by atoms with E-state index >= 15 is 0 Å². The monoisotopic (exact) mass is 818 g/mol. The van der Waals surface area contributed by atoms with Gasteiger partial charge in [0.25, 0.3) is 0 Å². The largest absolute Gasteiger partial charge is 0.472 e. The van der Waals surface area contributed by atoms with Gasteiger partial charge in [-0.05, 0) is 50.9 Å². The molecule has 326 valence electrons. The second kappa shape index (κ2) is 33.0. The summed E-state index contributed by atoms with van der Waals surface area (Å²) in [5.74, 6) is -1.92. The van der Waals surface area contributed by atoms with E-state index in [0.29, 0.717) is 19.3 Å². The van der Waals surface area contributed by atoms with Gasteiger partial charge in [-0.3, -0.25) is 18.6 Å². The third-order valence-electron chi connectivity index (χ3n) is 9.87. The summed E-state index contributed by atoms with van der Waals surface area (Å²) in [6, 6.07) is 0. The SMILES string of the molecule is CCCCCCCC/C=C\CCCCCCCC(=O)OC[C@H](COP(=O)(O)OC[C@@H](O)CO)OC(=O)C/C=C\C[C@H]1[C@@H](/C=C/[C@H](O)CCCCC)[C@H](O)C[C@@H]1O. The van der Waals surface area contributed by atoms with Crippen LogP contribution in [0, 0.1) is 11.8 Å². The molecular weight excluding hydrogens is 743 g/mol. The average molecular weight is 819 g/mol. The fraction of sp³-hybridized carbons (Fsp3) is 0.810. The molecule has 1 aliphatic carbocycles. The van der Waals surface area contributed by atoms with Crippen molar-refractivity contribution in [3.05, 3.63) is 36.5 Å². The zero-order valence-electron chi connectivity index (χ0n) is 34.2. The van der Waals surface area contributed by atoms with Crippen LogP contribution >= 0.6 is 7.82 Å². The molecule has 1 rings (SSSR count). The van der Waals surface area contributed by atoms with Gasteiger partial charge in [-0.25, -0.2) is 4.57 Å². The number of allylic oxidation sites excluding steroid dienone is 3. The van der Waals surface area contributed by atoms with Crippen molar-refractivity contribution in [2.75, 3.05) is 26.4 Å². The highest BCUT2D eigenvalue weighted by molar-refractivity contribution is 7.47. The van der Waals surface area contributed by atoms with Crippen molar-refractivity contribution >= 4 is 19.8 Å². The minimum Gasteiger partial charge on any atom is -0.462 e. The Balaban J connectivity index is 2.55. The Hall–Kier alpha value is -1.93. The van der Waals surface area contributed by atoms with Crippen LogP contribution in [0.3, 0.4) is 0 Å². The van der Waals surface area contributed by atoms with E-state index in [0.717, 1.165) is 57.8 Å². The molecule has 0 heterocycles. The van der Waals surface area contributed by atoms with Crippen LogP contribution in [-0.4, -0.2) is 99.3 Å². The van der Waals surface area contributed by atoms with Crippen molar-refractivity contribution in [2.24, 2.45) is 11.8 Å². The number of aliphatic hydroxyl groups is 5. The number of hydrogen-bond donors (Lipinski definition) is 6. The van der Waals surface area contributed by atoms with Gasteiger partial charge in [0.1, 0.15) is 12.7 Å². The minimum absolute atomic E-state index is 0.165. The highest BCUT2D eigenvalue weighted by Gasteiger charge is 2.39. The van der Waals surface area contributed by atoms with Gasteiger partial charge in [-0.15, -0.1) is 0 Å². The number of ether oxygens (including phenoxy) is 2. The molecule has 0 amide bonds. The molecule has 0 aromatic heterocycles. The van der Waals surface area contributed by atoms with Crippen molar-refractivity contribution in [1.29, 1.82) is 0 Å². The molecule has 6 N–H and O–H groups in total. The fourth-order valence-electron chi connectivity index (χ4n) is 6.49. The van der Waals surface area contributed by atoms with Crippen LogP contribution in [0.1, 0.15) is 149 Å². The molecule has 1 unspecified atom stereocenters. The summed E-state index contributed by atoms with van der Waals surface area (Å²) in [7, 11) is -4.71. The zero-order chi connectivity index (χ0) is 41.4. The molecular formula is C42H75O13P. The molecule has 1 aliphatic rings. The van der Waals surface area contributed by atoms with Crippen LogP contribution in [0.2, 0.25) is 0 Å². The van der Waals surface area contributed by atoms with E-state index < -0.39 is 76.7 Å². The Morgan fingerprint density at radius 1 is 0.750 bits per heavy atom. The lowest BCUT2D eigenvalue weighted by molar-refractivity contribution is -0.160. The van der Waals surface area contributed by atoms with Crippen LogP contribution in [0.15, 0.2) is 36.5 Å². The smallest absolute Gasteiger partial charge is 0.462 e. The fourth-order valence-corrected chi connectivity index (χ4v) is 7.28. The third kappa shape index (κ3) is 26.9. The first kappa shape index (κ1) is 52.1. The normalized spacial score (nSPS) is 21.5. The summed E-state index contributed by atoms with van der Waals surface area (Å²) in [6.07, 6.45) is 25.3. The van der Waals surface area contributed by atoms with Crippen LogP contribution in [-0.2, 0) is 32.7 Å². The number of carbonyl (C=O) groups excluding carboxylic acids is 2. The third-order valence-corrected chi connectivity index (χ3v) is 10.8. The van der Waals surface area contributed by atoms with Crippen LogP contribution < -0.4 is 0 Å². The van der Waals surface area contributed by atoms with Gasteiger partial charge in [0.2, 0.25) is 0 Å². The van der Waals surface area contributed by atoms with Crippen molar-refractivity contribution in [1.82, 2.24) is 0 Å². The lowest BCUT2D eigenvalue weighted by Crippen LogP contribution is -2.29. The maximum Gasteiger partial charge on any atom is 0.472 e. The van der Waals surface area contributed by atoms with Gasteiger partial charge in [-0.1, -0.05) is 121 Å². The molecule has 0 aromatic carbocycles. The number of phosphoric ester groups is 1. The number of hydrogen-bond acceptors (Lipinski definition) is 12. The Labute approximate surface area is 336 Å². The molecule has 8 atom stereocenters. The second-order valence-corrected chi connectivity index (χ2v) is 16.5. The second-order valence-electron chi connectivity index (χ2n) is 15.0. The van der Waals surface area contributed by atoms with E-state index in [1.165, 1.54) is 38.5 Å². The van der Waals surface area contributed by atoms with Crippen LogP contribution in [0.4, 0.5) is 0 Å². The lowest BCUT2D eigenvalue weighted by atomic mass is 9.89. The van der Waals surface area contributed by atoms with Gasteiger partial charge in [-0.2, -0.15) is 0 Å². The first-order valence-electron chi connectivity index (χ1n) is 21.2. The molecule has 0 aliphatic heterocycles. The van der Waals surface area contributed by atoms with Crippen LogP contribution in [0.25, 0.3) is 0 Å². The first-order valence-corrected chi connectivity index (χ1v) is 22.7. The highest BCUT2D eigenvalue weighted by Crippen LogP contribution is 2.43. The quantitative estimate of drug-likeness (QED) is 0.0163. The van der Waals surface area contributed by atoms with E-state index in [9.17, 15) is 39.5 Å². The summed E-state index contributed by atoms with van der Waals surface area (Å²) in [6.45, 7) is 1.87. The number of aliphatic hydroxyl groups excluding tert-OH is 5. The molecule has 0 aromatic rings. The van der Waals surface area contributed by atoms with Gasteiger partial charge in [0.15, 0.2) is 6.10 Å². The molecule has 0 saturated heterocycles. The van der Waals surface area contributed by atoms with E-state index in [1.807, 2.05) is 0 Å². The van der Waals surface area contributed by atoms with Crippen molar-refractivity contribution in [3.8, 4) is 0 Å². The first-order chi connectivity index (χ1) is 26.9. The Morgan fingerprint density at radius 2 is 1.36 bits per heavy atom. The summed E-state index contributed by atoms with van der Waals surface area (Å²) >= 11 is 0. The summed E-state index contributed by atoms with van der Waals surface area (Å²) < 4.78 is 32.6. The maximum atomic E-state index is 12.7. The van der Waals surface area contributed by atoms with Crippen molar-refractivity contribution in [2.45, 2.75) is 179 Å². The van der Waals surface area contributed by atoms with Gasteiger partial charge < -0.3 is 39.9 Å². The van der Waals surface area contributed by atoms with E-state index in [4.69, 9.17) is 19.1 Å². The molecule has 1 saturated carbocycles. The van der Waals surface area contributed by atoms with Crippen molar-refractivity contribution in [3.63, 3.8) is 0 Å². The number of esters is 2. The molecule has 14 heteroatoms. The standard InChI is InChI=1S/C42H75O13P/c1-3-5-7-8-9-10-11-12-13-14-15-16-17-18-20-25-41(48)52-32-36(33-54-56(50,51)53-31-35(45)30-43)55-42(49)26-22-21-24-37-38(40(47)29-39(37)46)28-27-34(44)23-19-6-4-2/h12-13,21-22,27-28,34-40,43-47H,3-11,14-20,23-26,29-33H2,1-2H3,(H,50,51)/b13-12-,22-21-,28-27+/t34-,35+,36-,37+,38-,39+,40-/m1/s1. The number of carbonyl (C=O) groups is 2. The van der Waals surface area contributed by atoms with Crippen molar-refractivity contribution < 1.29 is 63.1 Å². The Morgan fingerprint density at radius 3 is 2.02 bits per heavy atom. The van der Waals surface area contributed by atoms with Gasteiger partial charge >= 0.3 is 19.8 Å². The number of phosphoric acid groups is 1. The molecule has 56 heavy (non-hydrogen) atoms. The predicted molar refractivity (Wildman–Crippen MR) is 216 cm³/mol. The molecule has 0 spiro atoms. The maximum absolute atomic E-state index is 12.7. The molecule has 0 radical (unpaired) electrons. The molecule has 13 nitrogen and oxygen atoms in total. The van der Waals surface area contributed by atoms with E-state index in [1.54, 1.807) is 24.3 Å². The average Bonchev–Trinajstić information content (AvgIpc) is 3.44. The van der Waals surface area contributed by atoms with E-state index in [2.05, 4.69) is 30.5 Å². The van der Waals surface area contributed by atoms with Gasteiger partial charge in [0, 0.05) is 18.8 Å². The highest BCUT2D eigenvalue weighted by atomic mass is 31.2. The predicted octanol–water partition coefficient (Wildman–Crippen LogP) is 7.16. The Bertz CT molecular complexity index is 1150. The Kier molecular flexibility index (Phi) is 30.7. The molecule has 0 bridgehead atoms. The minimum atomic E-state index is -4.71. The lowest BCUT2D eigenvalue weighted by Gasteiger charge is -2.20. The number of rotatable bonds is 35.